The molecule has 0 fully saturated rings. The molecule has 0 radical (unpaired) electrons. The topological polar surface area (TPSA) is 56.4 Å². The molecule has 1 aromatic heterocycles. The third-order valence-electron chi connectivity index (χ3n) is 4.50. The monoisotopic (exact) mass is 469 g/mol. The van der Waals surface area contributed by atoms with Crippen molar-refractivity contribution >= 4 is 50.3 Å². The molecule has 3 aromatic rings. The van der Waals surface area contributed by atoms with E-state index in [4.69, 9.17) is 12.2 Å². The molecule has 3 rings (SSSR count). The number of hydrogen-bond donors (Lipinski definition) is 3. The van der Waals surface area contributed by atoms with Gasteiger partial charge in [-0.05, 0) is 43.7 Å². The average Bonchev–Trinajstić information content (AvgIpc) is 2.70. The lowest BCUT2D eigenvalue weighted by molar-refractivity contribution is -0.576. The van der Waals surface area contributed by atoms with E-state index in [1.165, 1.54) is 0 Å². The number of aromatic nitrogens is 1. The van der Waals surface area contributed by atoms with Gasteiger partial charge in [-0.25, -0.2) is 0 Å². The quantitative estimate of drug-likeness (QED) is 0.209. The van der Waals surface area contributed by atoms with Crippen LogP contribution in [0.2, 0.25) is 0 Å². The summed E-state index contributed by atoms with van der Waals surface area (Å²) in [5.74, 6) is 0.0276. The standard InChI is InChI=1S/C23H21BrN2O2S/c1-15-9-10-20(16(2)12-15)25-23(29)21(26-11-5-6-17(13-26)14-27)22(28)18-7-3-4-8-19(18)24/h3-13,27H,14H2,1-2H3,(H-,25,28,29)/p+1. The largest absolute Gasteiger partial charge is 0.502 e. The van der Waals surface area contributed by atoms with E-state index in [2.05, 4.69) is 27.3 Å². The van der Waals surface area contributed by atoms with Crippen LogP contribution in [0.5, 0.6) is 0 Å². The molecule has 0 saturated carbocycles. The molecule has 0 atom stereocenters. The van der Waals surface area contributed by atoms with Gasteiger partial charge in [-0.15, -0.1) is 0 Å². The zero-order valence-corrected chi connectivity index (χ0v) is 18.6. The molecular weight excluding hydrogens is 448 g/mol. The van der Waals surface area contributed by atoms with Crippen molar-refractivity contribution in [2.45, 2.75) is 20.5 Å². The van der Waals surface area contributed by atoms with Gasteiger partial charge < -0.3 is 15.5 Å². The van der Waals surface area contributed by atoms with Crippen molar-refractivity contribution in [2.24, 2.45) is 0 Å². The van der Waals surface area contributed by atoms with E-state index in [1.54, 1.807) is 23.0 Å². The van der Waals surface area contributed by atoms with E-state index < -0.39 is 0 Å². The van der Waals surface area contributed by atoms with Crippen molar-refractivity contribution in [1.29, 1.82) is 0 Å². The summed E-state index contributed by atoms with van der Waals surface area (Å²) in [5.41, 5.74) is 4.84. The number of aliphatic hydroxyl groups excluding tert-OH is 2. The number of anilines is 1. The number of aryl methyl sites for hydroxylation is 2. The van der Waals surface area contributed by atoms with Crippen LogP contribution in [-0.4, -0.2) is 15.2 Å². The van der Waals surface area contributed by atoms with Crippen LogP contribution in [0.25, 0.3) is 11.5 Å². The van der Waals surface area contributed by atoms with E-state index in [0.717, 1.165) is 21.3 Å². The van der Waals surface area contributed by atoms with Gasteiger partial charge in [-0.1, -0.05) is 58.0 Å². The van der Waals surface area contributed by atoms with Gasteiger partial charge >= 0.3 is 0 Å². The van der Waals surface area contributed by atoms with Crippen LogP contribution in [0.15, 0.2) is 71.5 Å². The Morgan fingerprint density at radius 1 is 1.10 bits per heavy atom. The fourth-order valence-corrected chi connectivity index (χ4v) is 3.80. The zero-order valence-electron chi connectivity index (χ0n) is 16.2. The molecule has 3 N–H and O–H groups in total. The van der Waals surface area contributed by atoms with E-state index >= 15 is 0 Å². The average molecular weight is 470 g/mol. The summed E-state index contributed by atoms with van der Waals surface area (Å²) < 4.78 is 2.47. The summed E-state index contributed by atoms with van der Waals surface area (Å²) in [6.45, 7) is 3.94. The molecule has 6 heteroatoms. The third kappa shape index (κ3) is 4.90. The molecule has 0 bridgehead atoms. The Hall–Kier alpha value is -2.54. The lowest BCUT2D eigenvalue weighted by atomic mass is 10.1. The van der Waals surface area contributed by atoms with Crippen LogP contribution >= 0.6 is 28.1 Å². The minimum Gasteiger partial charge on any atom is -0.502 e. The van der Waals surface area contributed by atoms with Crippen LogP contribution in [0.4, 0.5) is 5.69 Å². The van der Waals surface area contributed by atoms with Crippen LogP contribution in [0.1, 0.15) is 22.3 Å². The summed E-state index contributed by atoms with van der Waals surface area (Å²) >= 11 is 9.20. The maximum absolute atomic E-state index is 11.2. The summed E-state index contributed by atoms with van der Waals surface area (Å²) in [4.78, 5) is 0.366. The van der Waals surface area contributed by atoms with E-state index in [-0.39, 0.29) is 12.4 Å². The first kappa shape index (κ1) is 21.2. The number of pyridine rings is 1. The Morgan fingerprint density at radius 3 is 2.55 bits per heavy atom. The first-order chi connectivity index (χ1) is 13.9. The number of aliphatic hydroxyl groups is 2. The van der Waals surface area contributed by atoms with Gasteiger partial charge in [-0.2, -0.15) is 4.57 Å². The number of halogens is 1. The van der Waals surface area contributed by atoms with Gasteiger partial charge in [0.1, 0.15) is 0 Å². The normalized spacial score (nSPS) is 11.7. The second-order valence-electron chi connectivity index (χ2n) is 6.73. The molecule has 29 heavy (non-hydrogen) atoms. The van der Waals surface area contributed by atoms with Crippen molar-refractivity contribution in [3.63, 3.8) is 0 Å². The summed E-state index contributed by atoms with van der Waals surface area (Å²) in [6, 6.07) is 17.1. The number of nitrogens with zero attached hydrogens (tertiary/aromatic N) is 1. The van der Waals surface area contributed by atoms with E-state index in [0.29, 0.717) is 21.8 Å². The number of hydrogen-bond acceptors (Lipinski definition) is 3. The first-order valence-electron chi connectivity index (χ1n) is 9.09. The second-order valence-corrected chi connectivity index (χ2v) is 7.99. The van der Waals surface area contributed by atoms with Gasteiger partial charge in [0.2, 0.25) is 0 Å². The first-order valence-corrected chi connectivity index (χ1v) is 10.3. The summed E-state index contributed by atoms with van der Waals surface area (Å²) in [6.07, 6.45) is 3.54. The third-order valence-corrected chi connectivity index (χ3v) is 5.49. The van der Waals surface area contributed by atoms with Crippen molar-refractivity contribution in [3.8, 4) is 0 Å². The highest BCUT2D eigenvalue weighted by Gasteiger charge is 2.25. The molecule has 4 nitrogen and oxygen atoms in total. The number of thiocarbonyl (C=S) groups is 1. The predicted octanol–water partition coefficient (Wildman–Crippen LogP) is 5.17. The molecular formula is C23H22BrN2O2S+. The minimum absolute atomic E-state index is 0.0276. The van der Waals surface area contributed by atoms with Gasteiger partial charge in [-0.3, -0.25) is 0 Å². The Kier molecular flexibility index (Phi) is 6.79. The number of nitrogens with one attached hydrogen (secondary N) is 1. The van der Waals surface area contributed by atoms with Crippen molar-refractivity contribution in [2.75, 3.05) is 5.32 Å². The molecule has 0 aliphatic heterocycles. The van der Waals surface area contributed by atoms with Crippen molar-refractivity contribution in [3.05, 3.63) is 93.7 Å². The Balaban J connectivity index is 2.13. The SMILES string of the molecule is Cc1ccc(NC(=S)/C(=C(\O)c2ccccc2Br)[n+]2cccc(CO)c2)c(C)c1. The fourth-order valence-electron chi connectivity index (χ4n) is 3.02. The zero-order chi connectivity index (χ0) is 21.0. The molecule has 0 aliphatic rings. The van der Waals surface area contributed by atoms with Crippen LogP contribution in [0.3, 0.4) is 0 Å². The fraction of sp³-hybridized carbons (Fsp3) is 0.130. The predicted molar refractivity (Wildman–Crippen MR) is 125 cm³/mol. The molecule has 0 saturated heterocycles. The van der Waals surface area contributed by atoms with Crippen LogP contribution in [0, 0.1) is 13.8 Å². The molecule has 1 heterocycles. The molecule has 0 amide bonds. The smallest absolute Gasteiger partial charge is 0.288 e. The van der Waals surface area contributed by atoms with E-state index in [9.17, 15) is 10.2 Å². The summed E-state index contributed by atoms with van der Waals surface area (Å²) in [7, 11) is 0. The number of rotatable bonds is 5. The van der Waals surface area contributed by atoms with Gasteiger partial charge in [0.05, 0.1) is 6.61 Å². The maximum atomic E-state index is 11.2. The van der Waals surface area contributed by atoms with E-state index in [1.807, 2.05) is 56.3 Å². The van der Waals surface area contributed by atoms with Gasteiger partial charge in [0.25, 0.3) is 5.70 Å². The molecule has 148 valence electrons. The highest BCUT2D eigenvalue weighted by molar-refractivity contribution is 9.10. The lowest BCUT2D eigenvalue weighted by Crippen LogP contribution is -2.39. The molecule has 0 spiro atoms. The molecule has 0 aliphatic carbocycles. The second kappa shape index (κ2) is 9.31. The lowest BCUT2D eigenvalue weighted by Gasteiger charge is -2.13. The Morgan fingerprint density at radius 2 is 1.86 bits per heavy atom. The minimum atomic E-state index is -0.110. The van der Waals surface area contributed by atoms with Crippen molar-refractivity contribution in [1.82, 2.24) is 0 Å². The highest BCUT2D eigenvalue weighted by atomic mass is 79.9. The maximum Gasteiger partial charge on any atom is 0.288 e. The Labute approximate surface area is 184 Å². The Bertz CT molecular complexity index is 1100. The molecule has 0 unspecified atom stereocenters. The van der Waals surface area contributed by atoms with Gasteiger partial charge in [0, 0.05) is 27.4 Å². The molecule has 2 aromatic carbocycles. The van der Waals surface area contributed by atoms with Crippen molar-refractivity contribution < 1.29 is 14.8 Å². The summed E-state index contributed by atoms with van der Waals surface area (Å²) in [5, 5.41) is 24.0. The highest BCUT2D eigenvalue weighted by Crippen LogP contribution is 2.26. The van der Waals surface area contributed by atoms with Crippen LogP contribution < -0.4 is 9.88 Å². The number of benzene rings is 2. The van der Waals surface area contributed by atoms with Gasteiger partial charge in [0.15, 0.2) is 23.1 Å². The van der Waals surface area contributed by atoms with Crippen LogP contribution in [-0.2, 0) is 6.61 Å².